The molecule has 0 aliphatic heterocycles. The minimum Gasteiger partial charge on any atom is -0.489 e. The van der Waals surface area contributed by atoms with Gasteiger partial charge in [-0.05, 0) is 35.4 Å². The van der Waals surface area contributed by atoms with E-state index in [2.05, 4.69) is 17.1 Å². The summed E-state index contributed by atoms with van der Waals surface area (Å²) in [5.74, 6) is 0.848. The molecule has 0 fully saturated rings. The zero-order valence-electron chi connectivity index (χ0n) is 12.2. The molecule has 0 heterocycles. The van der Waals surface area contributed by atoms with E-state index >= 15 is 0 Å². The van der Waals surface area contributed by atoms with E-state index in [4.69, 9.17) is 4.74 Å². The van der Waals surface area contributed by atoms with Crippen LogP contribution in [0.5, 0.6) is 5.75 Å². The zero-order chi connectivity index (χ0) is 15.0. The van der Waals surface area contributed by atoms with Crippen molar-refractivity contribution in [1.82, 2.24) is 0 Å². The molecule has 3 aromatic carbocycles. The lowest BCUT2D eigenvalue weighted by Gasteiger charge is -2.06. The molecule has 22 heavy (non-hydrogen) atoms. The number of hydrogen-bond donors (Lipinski definition) is 0. The van der Waals surface area contributed by atoms with Crippen LogP contribution in [0.4, 0.5) is 5.69 Å². The number of para-hydroxylation sites is 1. The number of aliphatic imine (C=N–C) groups is 1. The first-order chi connectivity index (χ1) is 10.9. The van der Waals surface area contributed by atoms with Crippen LogP contribution in [0.25, 0.3) is 0 Å². The maximum atomic E-state index is 5.82. The Morgan fingerprint density at radius 3 is 2.27 bits per heavy atom. The standard InChI is InChI=1S/C20H17NO/c1-3-8-17(9-4-1)16-22-20-13-7-10-18(14-20)15-21-19-11-5-2-6-12-19/h1-15H,16H2. The molecule has 108 valence electrons. The molecule has 0 aliphatic rings. The molecule has 2 heteroatoms. The number of benzene rings is 3. The van der Waals surface area contributed by atoms with Gasteiger partial charge in [0.05, 0.1) is 5.69 Å². The maximum Gasteiger partial charge on any atom is 0.120 e. The topological polar surface area (TPSA) is 21.6 Å². The van der Waals surface area contributed by atoms with Crippen LogP contribution >= 0.6 is 0 Å². The van der Waals surface area contributed by atoms with Gasteiger partial charge in [-0.2, -0.15) is 0 Å². The second-order valence-corrected chi connectivity index (χ2v) is 4.94. The van der Waals surface area contributed by atoms with Crippen molar-refractivity contribution in [3.05, 3.63) is 96.1 Å². The van der Waals surface area contributed by atoms with Gasteiger partial charge in [0.2, 0.25) is 0 Å². The number of hydrogen-bond acceptors (Lipinski definition) is 2. The Morgan fingerprint density at radius 1 is 0.773 bits per heavy atom. The second kappa shape index (κ2) is 7.23. The molecular weight excluding hydrogens is 270 g/mol. The highest BCUT2D eigenvalue weighted by molar-refractivity contribution is 5.82. The third kappa shape index (κ3) is 4.06. The van der Waals surface area contributed by atoms with E-state index in [1.54, 1.807) is 0 Å². The molecule has 0 saturated carbocycles. The second-order valence-electron chi connectivity index (χ2n) is 4.94. The van der Waals surface area contributed by atoms with Gasteiger partial charge >= 0.3 is 0 Å². The SMILES string of the molecule is C(=Nc1ccccc1)c1cccc(OCc2ccccc2)c1. The lowest BCUT2D eigenvalue weighted by atomic mass is 10.2. The Morgan fingerprint density at radius 2 is 1.50 bits per heavy atom. The van der Waals surface area contributed by atoms with Gasteiger partial charge in [0.15, 0.2) is 0 Å². The predicted octanol–water partition coefficient (Wildman–Crippen LogP) is 5.02. The molecule has 3 aromatic rings. The monoisotopic (exact) mass is 287 g/mol. The first-order valence-electron chi connectivity index (χ1n) is 7.26. The van der Waals surface area contributed by atoms with Crippen LogP contribution in [-0.2, 0) is 6.61 Å². The fourth-order valence-electron chi connectivity index (χ4n) is 2.09. The average molecular weight is 287 g/mol. The van der Waals surface area contributed by atoms with Gasteiger partial charge in [0, 0.05) is 6.21 Å². The summed E-state index contributed by atoms with van der Waals surface area (Å²) in [5, 5.41) is 0. The molecule has 0 spiro atoms. The fourth-order valence-corrected chi connectivity index (χ4v) is 2.09. The van der Waals surface area contributed by atoms with Crippen molar-refractivity contribution >= 4 is 11.9 Å². The number of rotatable bonds is 5. The summed E-state index contributed by atoms with van der Waals surface area (Å²) in [6, 6.07) is 28.0. The highest BCUT2D eigenvalue weighted by atomic mass is 16.5. The summed E-state index contributed by atoms with van der Waals surface area (Å²) in [5.41, 5.74) is 3.12. The predicted molar refractivity (Wildman–Crippen MR) is 90.9 cm³/mol. The summed E-state index contributed by atoms with van der Waals surface area (Å²) < 4.78 is 5.82. The summed E-state index contributed by atoms with van der Waals surface area (Å²) >= 11 is 0. The molecule has 0 saturated heterocycles. The summed E-state index contributed by atoms with van der Waals surface area (Å²) in [6.45, 7) is 0.570. The van der Waals surface area contributed by atoms with Crippen molar-refractivity contribution in [3.63, 3.8) is 0 Å². The third-order valence-corrected chi connectivity index (χ3v) is 3.23. The fraction of sp³-hybridized carbons (Fsp3) is 0.0500. The van der Waals surface area contributed by atoms with Gasteiger partial charge in [0.1, 0.15) is 12.4 Å². The Labute approximate surface area is 130 Å². The van der Waals surface area contributed by atoms with Gasteiger partial charge in [-0.3, -0.25) is 4.99 Å². The van der Waals surface area contributed by atoms with Crippen molar-refractivity contribution in [2.45, 2.75) is 6.61 Å². The first kappa shape index (κ1) is 14.1. The van der Waals surface area contributed by atoms with Crippen molar-refractivity contribution in [2.24, 2.45) is 4.99 Å². The van der Waals surface area contributed by atoms with Crippen LogP contribution in [0.2, 0.25) is 0 Å². The average Bonchev–Trinajstić information content (AvgIpc) is 2.60. The molecule has 0 atom stereocenters. The van der Waals surface area contributed by atoms with E-state index in [-0.39, 0.29) is 0 Å². The highest BCUT2D eigenvalue weighted by Gasteiger charge is 1.97. The van der Waals surface area contributed by atoms with Gasteiger partial charge in [-0.15, -0.1) is 0 Å². The van der Waals surface area contributed by atoms with E-state index in [1.165, 1.54) is 0 Å². The van der Waals surface area contributed by atoms with Gasteiger partial charge in [-0.1, -0.05) is 60.7 Å². The lowest BCUT2D eigenvalue weighted by Crippen LogP contribution is -1.95. The van der Waals surface area contributed by atoms with Crippen molar-refractivity contribution in [1.29, 1.82) is 0 Å². The van der Waals surface area contributed by atoms with E-state index in [9.17, 15) is 0 Å². The van der Waals surface area contributed by atoms with Crippen LogP contribution < -0.4 is 4.74 Å². The molecular formula is C20H17NO. The molecule has 0 amide bonds. The summed E-state index contributed by atoms with van der Waals surface area (Å²) in [7, 11) is 0. The molecule has 0 aliphatic carbocycles. The van der Waals surface area contributed by atoms with E-state index in [0.29, 0.717) is 6.61 Å². The zero-order valence-corrected chi connectivity index (χ0v) is 12.2. The van der Waals surface area contributed by atoms with Crippen LogP contribution in [-0.4, -0.2) is 6.21 Å². The molecule has 2 nitrogen and oxygen atoms in total. The molecule has 0 N–H and O–H groups in total. The van der Waals surface area contributed by atoms with Crippen LogP contribution in [0.1, 0.15) is 11.1 Å². The molecule has 0 bridgehead atoms. The Kier molecular flexibility index (Phi) is 4.63. The molecule has 0 unspecified atom stereocenters. The molecule has 3 rings (SSSR count). The summed E-state index contributed by atoms with van der Waals surface area (Å²) in [6.07, 6.45) is 1.85. The van der Waals surface area contributed by atoms with Crippen molar-refractivity contribution < 1.29 is 4.74 Å². The normalized spacial score (nSPS) is 10.7. The van der Waals surface area contributed by atoms with Gasteiger partial charge in [0.25, 0.3) is 0 Å². The van der Waals surface area contributed by atoms with E-state index in [1.807, 2.05) is 79.0 Å². The van der Waals surface area contributed by atoms with Gasteiger partial charge < -0.3 is 4.74 Å². The Balaban J connectivity index is 1.66. The van der Waals surface area contributed by atoms with Crippen LogP contribution in [0.15, 0.2) is 89.9 Å². The minimum atomic E-state index is 0.570. The van der Waals surface area contributed by atoms with E-state index in [0.717, 1.165) is 22.6 Å². The van der Waals surface area contributed by atoms with Crippen LogP contribution in [0.3, 0.4) is 0 Å². The first-order valence-corrected chi connectivity index (χ1v) is 7.26. The van der Waals surface area contributed by atoms with Crippen LogP contribution in [0, 0.1) is 0 Å². The summed E-state index contributed by atoms with van der Waals surface area (Å²) in [4.78, 5) is 4.46. The van der Waals surface area contributed by atoms with E-state index < -0.39 is 0 Å². The number of ether oxygens (including phenoxy) is 1. The minimum absolute atomic E-state index is 0.570. The largest absolute Gasteiger partial charge is 0.489 e. The smallest absolute Gasteiger partial charge is 0.120 e. The Bertz CT molecular complexity index is 736. The van der Waals surface area contributed by atoms with Crippen molar-refractivity contribution in [3.8, 4) is 5.75 Å². The van der Waals surface area contributed by atoms with Gasteiger partial charge in [-0.25, -0.2) is 0 Å². The molecule has 0 radical (unpaired) electrons. The van der Waals surface area contributed by atoms with Crippen molar-refractivity contribution in [2.75, 3.05) is 0 Å². The Hall–Kier alpha value is -2.87. The highest BCUT2D eigenvalue weighted by Crippen LogP contribution is 2.15. The quantitative estimate of drug-likeness (QED) is 0.604. The number of nitrogens with zero attached hydrogens (tertiary/aromatic N) is 1. The third-order valence-electron chi connectivity index (χ3n) is 3.23. The maximum absolute atomic E-state index is 5.82. The molecule has 0 aromatic heterocycles. The lowest BCUT2D eigenvalue weighted by molar-refractivity contribution is 0.306.